The van der Waals surface area contributed by atoms with Gasteiger partial charge in [-0.25, -0.2) is 19.7 Å². The molecule has 0 bridgehead atoms. The van der Waals surface area contributed by atoms with Gasteiger partial charge in [-0.2, -0.15) is 0 Å². The molecule has 130 valence electrons. The summed E-state index contributed by atoms with van der Waals surface area (Å²) in [6.07, 6.45) is 1.19. The van der Waals surface area contributed by atoms with Gasteiger partial charge in [-0.1, -0.05) is 30.3 Å². The maximum Gasteiger partial charge on any atom is 0.300 e. The number of likely N-dealkylation sites (tertiary alicyclic amines) is 1. The summed E-state index contributed by atoms with van der Waals surface area (Å²) < 4.78 is 26.4. The number of nitrogens with zero attached hydrogens (tertiary/aromatic N) is 2. The smallest absolute Gasteiger partial charge is 0.300 e. The van der Waals surface area contributed by atoms with Crippen molar-refractivity contribution in [2.24, 2.45) is 0 Å². The third kappa shape index (κ3) is 5.60. The minimum Gasteiger partial charge on any atom is -0.307 e. The summed E-state index contributed by atoms with van der Waals surface area (Å²) in [5, 5.41) is 2.85. The number of benzene rings is 1. The number of sulfonamides is 1. The molecule has 1 heterocycles. The number of hydrogen-bond acceptors (Lipinski definition) is 4. The van der Waals surface area contributed by atoms with Gasteiger partial charge in [0.2, 0.25) is 15.9 Å². The van der Waals surface area contributed by atoms with E-state index < -0.39 is 10.0 Å². The predicted octanol–water partition coefficient (Wildman–Crippen LogP) is 0.563. The van der Waals surface area contributed by atoms with Gasteiger partial charge in [-0.05, 0) is 12.0 Å². The van der Waals surface area contributed by atoms with Crippen molar-refractivity contribution in [3.8, 4) is 0 Å². The minimum absolute atomic E-state index is 0.0558. The summed E-state index contributed by atoms with van der Waals surface area (Å²) in [7, 11) is -3.40. The Bertz CT molecular complexity index is 685. The molecule has 2 N–H and O–H groups in total. The quantitative estimate of drug-likeness (QED) is 0.530. The van der Waals surface area contributed by atoms with E-state index >= 15 is 0 Å². The van der Waals surface area contributed by atoms with Gasteiger partial charge in [0.25, 0.3) is 0 Å². The van der Waals surface area contributed by atoms with Gasteiger partial charge in [0.1, 0.15) is 0 Å². The Hall–Kier alpha value is -1.95. The van der Waals surface area contributed by atoms with E-state index in [1.54, 1.807) is 4.90 Å². The molecule has 24 heavy (non-hydrogen) atoms. The summed E-state index contributed by atoms with van der Waals surface area (Å²) in [6.45, 7) is 8.16. The lowest BCUT2D eigenvalue weighted by molar-refractivity contribution is -0.130. The topological polar surface area (TPSA) is 82.9 Å². The highest BCUT2D eigenvalue weighted by Crippen LogP contribution is 2.17. The van der Waals surface area contributed by atoms with Crippen LogP contribution in [0, 0.1) is 6.57 Å². The zero-order chi connectivity index (χ0) is 17.4. The highest BCUT2D eigenvalue weighted by Gasteiger charge is 2.32. The largest absolute Gasteiger partial charge is 0.307 e. The number of rotatable bonds is 8. The standard InChI is InChI=1S/C16H22N4O3S/c1-17-15-8-5-10-20(15)16(21)13-18-9-11-24(22,23)19-12-14-6-3-2-4-7-14/h2-4,6-7,15,18-19H,5,8-13H2/t15-/m0/s1. The second-order valence-electron chi connectivity index (χ2n) is 5.64. The zero-order valence-electron chi connectivity index (χ0n) is 13.4. The van der Waals surface area contributed by atoms with Crippen molar-refractivity contribution in [3.05, 3.63) is 47.3 Å². The van der Waals surface area contributed by atoms with Crippen molar-refractivity contribution in [1.29, 1.82) is 0 Å². The fourth-order valence-corrected chi connectivity index (χ4v) is 3.48. The number of nitrogens with one attached hydrogen (secondary N) is 2. The summed E-state index contributed by atoms with van der Waals surface area (Å²) in [5.41, 5.74) is 0.892. The minimum atomic E-state index is -3.40. The molecule has 1 fully saturated rings. The van der Waals surface area contributed by atoms with E-state index in [9.17, 15) is 13.2 Å². The third-order valence-corrected chi connectivity index (χ3v) is 5.18. The molecule has 1 amide bonds. The fourth-order valence-electron chi connectivity index (χ4n) is 2.54. The van der Waals surface area contributed by atoms with Crippen molar-refractivity contribution < 1.29 is 13.2 Å². The van der Waals surface area contributed by atoms with Crippen LogP contribution in [0.25, 0.3) is 4.85 Å². The van der Waals surface area contributed by atoms with Gasteiger partial charge in [-0.15, -0.1) is 0 Å². The van der Waals surface area contributed by atoms with Crippen LogP contribution in [0.3, 0.4) is 0 Å². The normalized spacial score (nSPS) is 17.6. The molecule has 8 heteroatoms. The molecule has 0 saturated carbocycles. The number of hydrogen-bond donors (Lipinski definition) is 2. The summed E-state index contributed by atoms with van der Waals surface area (Å²) in [5.74, 6) is -0.248. The highest BCUT2D eigenvalue weighted by molar-refractivity contribution is 7.89. The number of carbonyl (C=O) groups is 1. The van der Waals surface area contributed by atoms with Crippen LogP contribution in [0.4, 0.5) is 0 Å². The lowest BCUT2D eigenvalue weighted by Crippen LogP contribution is -2.41. The van der Waals surface area contributed by atoms with Gasteiger partial charge < -0.3 is 5.32 Å². The van der Waals surface area contributed by atoms with Gasteiger partial charge in [0.05, 0.1) is 12.3 Å². The summed E-state index contributed by atoms with van der Waals surface area (Å²) in [4.78, 5) is 17.0. The zero-order valence-corrected chi connectivity index (χ0v) is 14.3. The molecule has 1 aliphatic rings. The summed E-state index contributed by atoms with van der Waals surface area (Å²) >= 11 is 0. The molecule has 0 aromatic heterocycles. The van der Waals surface area contributed by atoms with Crippen molar-refractivity contribution in [2.75, 3.05) is 25.4 Å². The van der Waals surface area contributed by atoms with Crippen LogP contribution >= 0.6 is 0 Å². The molecule has 1 saturated heterocycles. The second kappa shape index (κ2) is 8.78. The van der Waals surface area contributed by atoms with Crippen molar-refractivity contribution in [3.63, 3.8) is 0 Å². The Labute approximate surface area is 142 Å². The van der Waals surface area contributed by atoms with Gasteiger partial charge in [0.15, 0.2) is 0 Å². The molecule has 1 aliphatic heterocycles. The average molecular weight is 350 g/mol. The van der Waals surface area contributed by atoms with Crippen molar-refractivity contribution in [1.82, 2.24) is 14.9 Å². The first kappa shape index (κ1) is 18.4. The first-order valence-corrected chi connectivity index (χ1v) is 9.55. The van der Waals surface area contributed by atoms with Crippen molar-refractivity contribution >= 4 is 15.9 Å². The van der Waals surface area contributed by atoms with Crippen LogP contribution in [-0.2, 0) is 21.4 Å². The molecule has 2 rings (SSSR count). The van der Waals surface area contributed by atoms with E-state index in [1.165, 1.54) is 0 Å². The second-order valence-corrected chi connectivity index (χ2v) is 7.57. The van der Waals surface area contributed by atoms with E-state index in [0.29, 0.717) is 13.0 Å². The van der Waals surface area contributed by atoms with Gasteiger partial charge in [0, 0.05) is 26.1 Å². The van der Waals surface area contributed by atoms with E-state index in [2.05, 4.69) is 14.9 Å². The molecule has 0 unspecified atom stereocenters. The Balaban J connectivity index is 1.67. The maximum absolute atomic E-state index is 12.0. The van der Waals surface area contributed by atoms with Crippen molar-refractivity contribution in [2.45, 2.75) is 25.6 Å². The third-order valence-electron chi connectivity index (χ3n) is 3.85. The fraction of sp³-hybridized carbons (Fsp3) is 0.500. The number of amides is 1. The molecule has 0 aliphatic carbocycles. The van der Waals surface area contributed by atoms with Gasteiger partial charge in [-0.3, -0.25) is 14.5 Å². The molecule has 1 aromatic rings. The monoisotopic (exact) mass is 350 g/mol. The Morgan fingerprint density at radius 3 is 2.79 bits per heavy atom. The Morgan fingerprint density at radius 1 is 1.33 bits per heavy atom. The predicted molar refractivity (Wildman–Crippen MR) is 91.3 cm³/mol. The molecule has 0 radical (unpaired) electrons. The molecule has 1 atom stereocenters. The van der Waals surface area contributed by atoms with Crippen LogP contribution in [0.15, 0.2) is 30.3 Å². The van der Waals surface area contributed by atoms with E-state index in [0.717, 1.165) is 12.0 Å². The first-order chi connectivity index (χ1) is 11.5. The highest BCUT2D eigenvalue weighted by atomic mass is 32.2. The lowest BCUT2D eigenvalue weighted by atomic mass is 10.2. The number of carbonyl (C=O) groups excluding carboxylic acids is 1. The molecule has 1 aromatic carbocycles. The Kier molecular flexibility index (Phi) is 6.73. The van der Waals surface area contributed by atoms with Crippen LogP contribution in [-0.4, -0.2) is 50.8 Å². The van der Waals surface area contributed by atoms with E-state index in [-0.39, 0.29) is 37.5 Å². The molecular formula is C16H22N4O3S. The van der Waals surface area contributed by atoms with Crippen LogP contribution < -0.4 is 10.0 Å². The van der Waals surface area contributed by atoms with Gasteiger partial charge >= 0.3 is 6.17 Å². The Morgan fingerprint density at radius 2 is 2.08 bits per heavy atom. The maximum atomic E-state index is 12.0. The SMILES string of the molecule is [C-]#[N+][C@@H]1CCCN1C(=O)CNCCS(=O)(=O)NCc1ccccc1. The first-order valence-electron chi connectivity index (χ1n) is 7.90. The molecule has 7 nitrogen and oxygen atoms in total. The van der Waals surface area contributed by atoms with Crippen LogP contribution in [0.5, 0.6) is 0 Å². The summed E-state index contributed by atoms with van der Waals surface area (Å²) in [6, 6.07) is 9.28. The lowest BCUT2D eigenvalue weighted by Gasteiger charge is -2.16. The average Bonchev–Trinajstić information content (AvgIpc) is 3.07. The van der Waals surface area contributed by atoms with E-state index in [4.69, 9.17) is 6.57 Å². The molecular weight excluding hydrogens is 328 g/mol. The van der Waals surface area contributed by atoms with Crippen LogP contribution in [0.1, 0.15) is 18.4 Å². The molecule has 0 spiro atoms. The van der Waals surface area contributed by atoms with Crippen LogP contribution in [0.2, 0.25) is 0 Å². The van der Waals surface area contributed by atoms with E-state index in [1.807, 2.05) is 30.3 Å².